The lowest BCUT2D eigenvalue weighted by atomic mass is 9.93. The van der Waals surface area contributed by atoms with Gasteiger partial charge in [-0.05, 0) is 20.8 Å². The van der Waals surface area contributed by atoms with Crippen LogP contribution in [0.1, 0.15) is 20.8 Å². The molecule has 0 aliphatic rings. The summed E-state index contributed by atoms with van der Waals surface area (Å²) >= 11 is 0. The van der Waals surface area contributed by atoms with Gasteiger partial charge in [0.15, 0.2) is 5.82 Å². The van der Waals surface area contributed by atoms with E-state index in [1.807, 2.05) is 6.92 Å². The van der Waals surface area contributed by atoms with E-state index in [1.165, 1.54) is 6.33 Å². The fourth-order valence-electron chi connectivity index (χ4n) is 1.16. The third kappa shape index (κ3) is 3.22. The Morgan fingerprint density at radius 2 is 2.17 bits per heavy atom. The second kappa shape index (κ2) is 5.52. The summed E-state index contributed by atoms with van der Waals surface area (Å²) < 4.78 is 5.25. The summed E-state index contributed by atoms with van der Waals surface area (Å²) in [5.41, 5.74) is 10.8. The largest absolute Gasteiger partial charge is 0.476 e. The molecule has 0 saturated carbocycles. The number of ether oxygens (including phenoxy) is 1. The van der Waals surface area contributed by atoms with Crippen molar-refractivity contribution in [2.24, 2.45) is 11.1 Å². The second-order valence-corrected chi connectivity index (χ2v) is 4.48. The molecule has 0 spiro atoms. The van der Waals surface area contributed by atoms with Crippen molar-refractivity contribution in [2.45, 2.75) is 20.8 Å². The summed E-state index contributed by atoms with van der Waals surface area (Å²) in [7, 11) is 0. The van der Waals surface area contributed by atoms with Gasteiger partial charge >= 0.3 is 0 Å². The molecule has 100 valence electrons. The fraction of sp³-hybridized carbons (Fsp3) is 0.545. The van der Waals surface area contributed by atoms with Gasteiger partial charge in [-0.15, -0.1) is 0 Å². The molecule has 0 atom stereocenters. The molecular weight excluding hydrogens is 234 g/mol. The van der Waals surface area contributed by atoms with Gasteiger partial charge in [-0.2, -0.15) is 4.98 Å². The highest BCUT2D eigenvalue weighted by atomic mass is 16.5. The second-order valence-electron chi connectivity index (χ2n) is 4.48. The van der Waals surface area contributed by atoms with Crippen molar-refractivity contribution in [2.75, 3.05) is 24.2 Å². The van der Waals surface area contributed by atoms with Crippen molar-refractivity contribution in [1.29, 1.82) is 0 Å². The number of carbonyl (C=O) groups excluding carboxylic acids is 1. The van der Waals surface area contributed by atoms with Crippen molar-refractivity contribution < 1.29 is 9.53 Å². The van der Waals surface area contributed by atoms with Gasteiger partial charge in [0.25, 0.3) is 0 Å². The summed E-state index contributed by atoms with van der Waals surface area (Å²) in [5.74, 6) is 0.363. The van der Waals surface area contributed by atoms with Gasteiger partial charge in [0.2, 0.25) is 11.8 Å². The Morgan fingerprint density at radius 1 is 1.50 bits per heavy atom. The summed E-state index contributed by atoms with van der Waals surface area (Å²) in [6.07, 6.45) is 1.35. The number of carbonyl (C=O) groups is 1. The maximum atomic E-state index is 11.2. The van der Waals surface area contributed by atoms with Gasteiger partial charge in [0.1, 0.15) is 12.0 Å². The van der Waals surface area contributed by atoms with E-state index >= 15 is 0 Å². The van der Waals surface area contributed by atoms with Gasteiger partial charge < -0.3 is 21.5 Å². The van der Waals surface area contributed by atoms with Gasteiger partial charge in [-0.1, -0.05) is 0 Å². The molecule has 0 fully saturated rings. The third-order valence-electron chi connectivity index (χ3n) is 2.49. The van der Waals surface area contributed by atoms with Crippen molar-refractivity contribution in [3.05, 3.63) is 6.33 Å². The molecular formula is C11H19N5O2. The maximum Gasteiger partial charge on any atom is 0.242 e. The van der Waals surface area contributed by atoms with Crippen LogP contribution in [0.3, 0.4) is 0 Å². The molecule has 0 bridgehead atoms. The number of aromatic nitrogens is 2. The van der Waals surface area contributed by atoms with Crippen molar-refractivity contribution in [1.82, 2.24) is 9.97 Å². The number of primary amides is 1. The Kier molecular flexibility index (Phi) is 4.30. The van der Waals surface area contributed by atoms with E-state index in [0.717, 1.165) is 0 Å². The van der Waals surface area contributed by atoms with Crippen LogP contribution in [0.4, 0.5) is 11.5 Å². The zero-order valence-electron chi connectivity index (χ0n) is 10.9. The maximum absolute atomic E-state index is 11.2. The molecule has 1 amide bonds. The topological polar surface area (TPSA) is 116 Å². The van der Waals surface area contributed by atoms with Crippen LogP contribution >= 0.6 is 0 Å². The van der Waals surface area contributed by atoms with Crippen LogP contribution in [-0.2, 0) is 4.79 Å². The molecule has 18 heavy (non-hydrogen) atoms. The lowest BCUT2D eigenvalue weighted by Gasteiger charge is -2.21. The van der Waals surface area contributed by atoms with Crippen molar-refractivity contribution >= 4 is 17.4 Å². The van der Waals surface area contributed by atoms with Gasteiger partial charge in [0.05, 0.1) is 12.0 Å². The zero-order valence-corrected chi connectivity index (χ0v) is 10.9. The smallest absolute Gasteiger partial charge is 0.242 e. The summed E-state index contributed by atoms with van der Waals surface area (Å²) in [6.45, 7) is 6.11. The molecule has 1 rings (SSSR count). The summed E-state index contributed by atoms with van der Waals surface area (Å²) in [5, 5.41) is 2.98. The molecule has 0 saturated heterocycles. The number of hydrogen-bond acceptors (Lipinski definition) is 6. The summed E-state index contributed by atoms with van der Waals surface area (Å²) in [6, 6.07) is 0. The highest BCUT2D eigenvalue weighted by Gasteiger charge is 2.25. The Balaban J connectivity index is 2.80. The van der Waals surface area contributed by atoms with Gasteiger partial charge in [-0.3, -0.25) is 4.79 Å². The average molecular weight is 253 g/mol. The molecule has 0 aliphatic carbocycles. The average Bonchev–Trinajstić information content (AvgIpc) is 2.30. The Labute approximate surface area is 106 Å². The Morgan fingerprint density at radius 3 is 2.72 bits per heavy atom. The molecule has 1 heterocycles. The molecule has 1 aromatic heterocycles. The van der Waals surface area contributed by atoms with Crippen molar-refractivity contribution in [3.8, 4) is 5.88 Å². The van der Waals surface area contributed by atoms with E-state index in [0.29, 0.717) is 30.5 Å². The van der Waals surface area contributed by atoms with Gasteiger partial charge in [-0.25, -0.2) is 4.98 Å². The Hall–Kier alpha value is -2.05. The minimum absolute atomic E-state index is 0.319. The minimum Gasteiger partial charge on any atom is -0.476 e. The Bertz CT molecular complexity index is 433. The lowest BCUT2D eigenvalue weighted by Crippen LogP contribution is -2.37. The van der Waals surface area contributed by atoms with Crippen LogP contribution in [0.5, 0.6) is 5.88 Å². The molecule has 0 unspecified atom stereocenters. The SMILES string of the molecule is CCOc1ncnc(NCC(C)(C)C(N)=O)c1N. The first-order valence-electron chi connectivity index (χ1n) is 5.65. The third-order valence-corrected chi connectivity index (χ3v) is 2.49. The number of rotatable bonds is 6. The predicted molar refractivity (Wildman–Crippen MR) is 69.1 cm³/mol. The monoisotopic (exact) mass is 253 g/mol. The molecule has 0 aromatic carbocycles. The van der Waals surface area contributed by atoms with E-state index in [-0.39, 0.29) is 0 Å². The number of anilines is 2. The van der Waals surface area contributed by atoms with E-state index in [2.05, 4.69) is 15.3 Å². The van der Waals surface area contributed by atoms with Crippen LogP contribution in [0.15, 0.2) is 6.33 Å². The van der Waals surface area contributed by atoms with E-state index in [4.69, 9.17) is 16.2 Å². The van der Waals surface area contributed by atoms with Crippen LogP contribution in [0, 0.1) is 5.41 Å². The number of hydrogen-bond donors (Lipinski definition) is 3. The molecule has 7 heteroatoms. The fourth-order valence-corrected chi connectivity index (χ4v) is 1.16. The highest BCUT2D eigenvalue weighted by Crippen LogP contribution is 2.25. The first kappa shape index (κ1) is 14.0. The van der Waals surface area contributed by atoms with E-state index < -0.39 is 11.3 Å². The first-order valence-corrected chi connectivity index (χ1v) is 5.65. The van der Waals surface area contributed by atoms with Crippen LogP contribution < -0.4 is 21.5 Å². The molecule has 0 radical (unpaired) electrons. The molecule has 7 nitrogen and oxygen atoms in total. The number of amides is 1. The van der Waals surface area contributed by atoms with E-state index in [1.54, 1.807) is 13.8 Å². The molecule has 0 aliphatic heterocycles. The highest BCUT2D eigenvalue weighted by molar-refractivity contribution is 5.80. The van der Waals surface area contributed by atoms with Crippen LogP contribution in [0.2, 0.25) is 0 Å². The number of nitrogens with two attached hydrogens (primary N) is 2. The van der Waals surface area contributed by atoms with Gasteiger partial charge in [0, 0.05) is 6.54 Å². The quantitative estimate of drug-likeness (QED) is 0.675. The number of nitrogens with one attached hydrogen (secondary N) is 1. The first-order chi connectivity index (χ1) is 8.38. The van der Waals surface area contributed by atoms with Crippen LogP contribution in [-0.4, -0.2) is 29.0 Å². The summed E-state index contributed by atoms with van der Waals surface area (Å²) in [4.78, 5) is 19.1. The molecule has 5 N–H and O–H groups in total. The standard InChI is InChI=1S/C11H19N5O2/c1-4-18-9-7(12)8(15-6-16-9)14-5-11(2,3)10(13)17/h6H,4-5,12H2,1-3H3,(H2,13,17)(H,14,15,16). The minimum atomic E-state index is -0.691. The number of nitrogens with zero attached hydrogens (tertiary/aromatic N) is 2. The number of nitrogen functional groups attached to an aromatic ring is 1. The van der Waals surface area contributed by atoms with Crippen molar-refractivity contribution in [3.63, 3.8) is 0 Å². The molecule has 1 aromatic rings. The predicted octanol–water partition coefficient (Wildman–Crippen LogP) is 0.381. The van der Waals surface area contributed by atoms with E-state index in [9.17, 15) is 4.79 Å². The lowest BCUT2D eigenvalue weighted by molar-refractivity contribution is -0.125. The zero-order chi connectivity index (χ0) is 13.8. The normalized spacial score (nSPS) is 11.1. The van der Waals surface area contributed by atoms with Crippen LogP contribution in [0.25, 0.3) is 0 Å².